The van der Waals surface area contributed by atoms with Gasteiger partial charge >= 0.3 is 0 Å². The van der Waals surface area contributed by atoms with Crippen LogP contribution in [0.25, 0.3) is 22.3 Å². The number of aromatic nitrogens is 3. The molecule has 1 aliphatic rings. The van der Waals surface area contributed by atoms with E-state index >= 15 is 0 Å². The van der Waals surface area contributed by atoms with Crippen molar-refractivity contribution in [2.24, 2.45) is 0 Å². The average molecular weight is 365 g/mol. The first-order chi connectivity index (χ1) is 13.2. The third kappa shape index (κ3) is 3.99. The van der Waals surface area contributed by atoms with Crippen LogP contribution >= 0.6 is 0 Å². The molecule has 27 heavy (non-hydrogen) atoms. The summed E-state index contributed by atoms with van der Waals surface area (Å²) in [4.78, 5) is 15.8. The van der Waals surface area contributed by atoms with Crippen LogP contribution in [0.5, 0.6) is 0 Å². The van der Waals surface area contributed by atoms with Gasteiger partial charge in [-0.05, 0) is 25.1 Å². The molecule has 3 heterocycles. The quantitative estimate of drug-likeness (QED) is 0.718. The minimum atomic E-state index is -0.477. The molecule has 0 saturated carbocycles. The lowest BCUT2D eigenvalue weighted by atomic mass is 10.1. The zero-order valence-corrected chi connectivity index (χ0v) is 15.3. The van der Waals surface area contributed by atoms with Gasteiger partial charge in [-0.25, -0.2) is 9.97 Å². The molecule has 7 heteroatoms. The number of nitrogens with zero attached hydrogens (tertiary/aromatic N) is 4. The number of hydrogen-bond donors (Lipinski definition) is 2. The number of hydrogen-bond acceptors (Lipinski definition) is 7. The van der Waals surface area contributed by atoms with Gasteiger partial charge in [-0.3, -0.25) is 4.98 Å². The molecule has 1 saturated heterocycles. The molecule has 2 N–H and O–H groups in total. The van der Waals surface area contributed by atoms with Crippen molar-refractivity contribution in [2.75, 3.05) is 43.1 Å². The van der Waals surface area contributed by atoms with Crippen LogP contribution in [0.1, 0.15) is 6.92 Å². The second-order valence-electron chi connectivity index (χ2n) is 6.66. The zero-order chi connectivity index (χ0) is 18.6. The van der Waals surface area contributed by atoms with E-state index in [1.165, 1.54) is 5.69 Å². The summed E-state index contributed by atoms with van der Waals surface area (Å²) in [7, 11) is 0. The number of anilines is 2. The van der Waals surface area contributed by atoms with Crippen LogP contribution in [0.15, 0.2) is 42.7 Å². The molecule has 1 fully saturated rings. The van der Waals surface area contributed by atoms with E-state index in [0.717, 1.165) is 43.1 Å². The van der Waals surface area contributed by atoms with Crippen LogP contribution in [0.4, 0.5) is 11.5 Å². The molecule has 0 spiro atoms. The lowest BCUT2D eigenvalue weighted by Crippen LogP contribution is -2.36. The van der Waals surface area contributed by atoms with Crippen LogP contribution in [0.2, 0.25) is 0 Å². The summed E-state index contributed by atoms with van der Waals surface area (Å²) in [6.07, 6.45) is 2.84. The zero-order valence-electron chi connectivity index (χ0n) is 15.3. The van der Waals surface area contributed by atoms with Crippen molar-refractivity contribution in [1.82, 2.24) is 15.0 Å². The normalized spacial score (nSPS) is 15.7. The summed E-state index contributed by atoms with van der Waals surface area (Å²) in [6.45, 7) is 5.50. The van der Waals surface area contributed by atoms with E-state index in [9.17, 15) is 5.11 Å². The Kier molecular flexibility index (Phi) is 5.13. The summed E-state index contributed by atoms with van der Waals surface area (Å²) in [5, 5.41) is 12.8. The molecule has 2 aromatic heterocycles. The van der Waals surface area contributed by atoms with Crippen molar-refractivity contribution in [3.63, 3.8) is 0 Å². The van der Waals surface area contributed by atoms with Gasteiger partial charge in [0.2, 0.25) is 0 Å². The molecule has 0 radical (unpaired) electrons. The minimum Gasteiger partial charge on any atom is -0.392 e. The molecule has 4 rings (SSSR count). The molecule has 7 nitrogen and oxygen atoms in total. The van der Waals surface area contributed by atoms with Gasteiger partial charge in [0.1, 0.15) is 5.52 Å². The second-order valence-corrected chi connectivity index (χ2v) is 6.66. The van der Waals surface area contributed by atoms with Gasteiger partial charge in [0.25, 0.3) is 0 Å². The third-order valence-corrected chi connectivity index (χ3v) is 4.56. The number of ether oxygens (including phenoxy) is 1. The fourth-order valence-electron chi connectivity index (χ4n) is 3.15. The predicted molar refractivity (Wildman–Crippen MR) is 106 cm³/mol. The first kappa shape index (κ1) is 17.6. The Morgan fingerprint density at radius 2 is 1.89 bits per heavy atom. The Morgan fingerprint density at radius 3 is 2.63 bits per heavy atom. The largest absolute Gasteiger partial charge is 0.392 e. The van der Waals surface area contributed by atoms with Crippen molar-refractivity contribution in [2.45, 2.75) is 13.0 Å². The number of morpholine rings is 1. The Hall–Kier alpha value is -2.77. The van der Waals surface area contributed by atoms with E-state index < -0.39 is 6.10 Å². The molecular weight excluding hydrogens is 342 g/mol. The topological polar surface area (TPSA) is 83.4 Å². The Balaban J connectivity index is 1.66. The first-order valence-corrected chi connectivity index (χ1v) is 9.17. The summed E-state index contributed by atoms with van der Waals surface area (Å²) in [6, 6.07) is 10.3. The Morgan fingerprint density at radius 1 is 1.15 bits per heavy atom. The standard InChI is InChI=1S/C20H23N5O2/c1-14(26)13-23-20-19-18(21-6-7-22-19)12-17(24-20)15-2-4-16(5-3-15)25-8-10-27-11-9-25/h2-7,12,14,26H,8-11,13H2,1H3,(H,23,24)/t14-/m0/s1. The smallest absolute Gasteiger partial charge is 0.154 e. The molecule has 0 bridgehead atoms. The van der Waals surface area contributed by atoms with Gasteiger partial charge in [-0.15, -0.1) is 0 Å². The fourth-order valence-corrected chi connectivity index (χ4v) is 3.15. The summed E-state index contributed by atoms with van der Waals surface area (Å²) < 4.78 is 5.42. The number of benzene rings is 1. The number of aliphatic hydroxyl groups is 1. The van der Waals surface area contributed by atoms with Crippen LogP contribution < -0.4 is 10.2 Å². The van der Waals surface area contributed by atoms with E-state index in [1.807, 2.05) is 6.07 Å². The van der Waals surface area contributed by atoms with E-state index in [0.29, 0.717) is 17.9 Å². The third-order valence-electron chi connectivity index (χ3n) is 4.56. The van der Waals surface area contributed by atoms with E-state index in [-0.39, 0.29) is 0 Å². The molecule has 1 atom stereocenters. The SMILES string of the molecule is C[C@H](O)CNc1nc(-c2ccc(N3CCOCC3)cc2)cc2nccnc12. The van der Waals surface area contributed by atoms with Gasteiger partial charge in [0.05, 0.1) is 30.5 Å². The molecular formula is C20H23N5O2. The molecule has 1 aliphatic heterocycles. The number of aliphatic hydroxyl groups excluding tert-OH is 1. The van der Waals surface area contributed by atoms with Gasteiger partial charge in [0.15, 0.2) is 5.82 Å². The molecule has 1 aromatic carbocycles. The Labute approximate surface area is 158 Å². The first-order valence-electron chi connectivity index (χ1n) is 9.17. The number of fused-ring (bicyclic) bond motifs is 1. The highest BCUT2D eigenvalue weighted by molar-refractivity contribution is 5.88. The number of rotatable bonds is 5. The summed E-state index contributed by atoms with van der Waals surface area (Å²) >= 11 is 0. The molecule has 3 aromatic rings. The maximum absolute atomic E-state index is 9.59. The lowest BCUT2D eigenvalue weighted by molar-refractivity contribution is 0.122. The van der Waals surface area contributed by atoms with E-state index in [4.69, 9.17) is 9.72 Å². The monoisotopic (exact) mass is 365 g/mol. The fraction of sp³-hybridized carbons (Fsp3) is 0.350. The highest BCUT2D eigenvalue weighted by atomic mass is 16.5. The average Bonchev–Trinajstić information content (AvgIpc) is 2.72. The number of nitrogens with one attached hydrogen (secondary N) is 1. The molecule has 0 aliphatic carbocycles. The second kappa shape index (κ2) is 7.85. The highest BCUT2D eigenvalue weighted by Crippen LogP contribution is 2.27. The molecule has 140 valence electrons. The van der Waals surface area contributed by atoms with Crippen molar-refractivity contribution >= 4 is 22.5 Å². The van der Waals surface area contributed by atoms with Crippen LogP contribution in [0, 0.1) is 0 Å². The minimum absolute atomic E-state index is 0.401. The van der Waals surface area contributed by atoms with Gasteiger partial charge in [-0.2, -0.15) is 0 Å². The van der Waals surface area contributed by atoms with Gasteiger partial charge in [-0.1, -0.05) is 12.1 Å². The van der Waals surface area contributed by atoms with Gasteiger partial charge in [0, 0.05) is 43.3 Å². The van der Waals surface area contributed by atoms with Crippen LogP contribution in [0.3, 0.4) is 0 Å². The maximum atomic E-state index is 9.59. The van der Waals surface area contributed by atoms with Crippen molar-refractivity contribution in [3.05, 3.63) is 42.7 Å². The maximum Gasteiger partial charge on any atom is 0.154 e. The van der Waals surface area contributed by atoms with E-state index in [2.05, 4.69) is 44.5 Å². The van der Waals surface area contributed by atoms with Crippen LogP contribution in [-0.2, 0) is 4.74 Å². The Bertz CT molecular complexity index is 908. The summed E-state index contributed by atoms with van der Waals surface area (Å²) in [5.41, 5.74) is 4.50. The van der Waals surface area contributed by atoms with Crippen molar-refractivity contribution in [1.29, 1.82) is 0 Å². The molecule has 0 unspecified atom stereocenters. The number of pyridine rings is 1. The lowest BCUT2D eigenvalue weighted by Gasteiger charge is -2.28. The predicted octanol–water partition coefficient (Wildman–Crippen LogP) is 2.32. The van der Waals surface area contributed by atoms with E-state index in [1.54, 1.807) is 19.3 Å². The van der Waals surface area contributed by atoms with Crippen LogP contribution in [-0.4, -0.2) is 59.0 Å². The highest BCUT2D eigenvalue weighted by Gasteiger charge is 2.13. The van der Waals surface area contributed by atoms with Crippen molar-refractivity contribution in [3.8, 4) is 11.3 Å². The summed E-state index contributed by atoms with van der Waals surface area (Å²) in [5.74, 6) is 0.633. The van der Waals surface area contributed by atoms with Gasteiger partial charge < -0.3 is 20.1 Å². The van der Waals surface area contributed by atoms with Crippen molar-refractivity contribution < 1.29 is 9.84 Å². The molecule has 0 amide bonds.